The van der Waals surface area contributed by atoms with Crippen LogP contribution in [-0.2, 0) is 14.4 Å². The molecule has 2 aliphatic heterocycles. The molecular weight excluding hydrogens is 328 g/mol. The van der Waals surface area contributed by atoms with Crippen molar-refractivity contribution in [1.29, 1.82) is 0 Å². The Bertz CT molecular complexity index is 694. The lowest BCUT2D eigenvalue weighted by Gasteiger charge is -2.36. The fraction of sp³-hybridized carbons (Fsp3) is 0.556. The zero-order valence-corrected chi connectivity index (χ0v) is 14.4. The number of carbonyl (C=O) groups is 2. The van der Waals surface area contributed by atoms with E-state index in [1.165, 1.54) is 18.4 Å². The molecule has 24 heavy (non-hydrogen) atoms. The number of piperidine rings is 1. The summed E-state index contributed by atoms with van der Waals surface area (Å²) < 4.78 is 0. The van der Waals surface area contributed by atoms with E-state index in [4.69, 9.17) is 16.4 Å². The summed E-state index contributed by atoms with van der Waals surface area (Å²) in [6.45, 7) is 1.26. The lowest BCUT2D eigenvalue weighted by Crippen LogP contribution is -2.54. The zero-order chi connectivity index (χ0) is 16.9. The number of nitrogens with zero attached hydrogens (tertiary/aromatic N) is 1. The van der Waals surface area contributed by atoms with E-state index in [9.17, 15) is 9.59 Å². The van der Waals surface area contributed by atoms with Gasteiger partial charge < -0.3 is 10.2 Å². The molecule has 0 radical (unpaired) electrons. The maximum atomic E-state index is 13.1. The molecule has 4 rings (SSSR count). The van der Waals surface area contributed by atoms with Gasteiger partial charge in [0.15, 0.2) is 5.78 Å². The number of carbonyl (C=O) groups excluding carboxylic acids is 2. The molecule has 6 heteroatoms. The Morgan fingerprint density at radius 3 is 2.54 bits per heavy atom. The predicted octanol–water partition coefficient (Wildman–Crippen LogP) is 2.40. The Balaban J connectivity index is 1.60. The van der Waals surface area contributed by atoms with Crippen LogP contribution in [0.25, 0.3) is 0 Å². The smallest absolute Gasteiger partial charge is 0.236 e. The minimum atomic E-state index is -0.792. The molecule has 1 unspecified atom stereocenters. The van der Waals surface area contributed by atoms with E-state index in [2.05, 4.69) is 5.32 Å². The average Bonchev–Trinajstić information content (AvgIpc) is 3.39. The first-order chi connectivity index (χ1) is 11.5. The van der Waals surface area contributed by atoms with Gasteiger partial charge in [-0.25, -0.2) is 0 Å². The first kappa shape index (κ1) is 16.1. The molecule has 1 aliphatic carbocycles. The van der Waals surface area contributed by atoms with Crippen LogP contribution < -0.4 is 5.32 Å². The van der Waals surface area contributed by atoms with Crippen molar-refractivity contribution in [3.8, 4) is 0 Å². The summed E-state index contributed by atoms with van der Waals surface area (Å²) in [6.07, 6.45) is 3.52. The minimum absolute atomic E-state index is 0.0516. The number of ketones is 1. The van der Waals surface area contributed by atoms with Crippen molar-refractivity contribution in [1.82, 2.24) is 10.4 Å². The molecule has 1 aromatic carbocycles. The van der Waals surface area contributed by atoms with E-state index < -0.39 is 11.5 Å². The number of hydroxylamine groups is 2. The Hall–Kier alpha value is -1.43. The van der Waals surface area contributed by atoms with Crippen molar-refractivity contribution in [2.24, 2.45) is 0 Å². The third-order valence-electron chi connectivity index (χ3n) is 5.58. The predicted molar refractivity (Wildman–Crippen MR) is 89.9 cm³/mol. The fourth-order valence-electron chi connectivity index (χ4n) is 3.92. The van der Waals surface area contributed by atoms with E-state index in [0.717, 1.165) is 0 Å². The highest BCUT2D eigenvalue weighted by Crippen LogP contribution is 2.43. The molecule has 5 nitrogen and oxygen atoms in total. The summed E-state index contributed by atoms with van der Waals surface area (Å²) in [6, 6.07) is 5.80. The molecule has 3 fully saturated rings. The maximum absolute atomic E-state index is 13.1. The maximum Gasteiger partial charge on any atom is 0.236 e. The van der Waals surface area contributed by atoms with Crippen molar-refractivity contribution in [2.45, 2.75) is 43.1 Å². The van der Waals surface area contributed by atoms with Crippen LogP contribution in [0, 0.1) is 0 Å². The second-order valence-electron chi connectivity index (χ2n) is 7.04. The van der Waals surface area contributed by atoms with E-state index >= 15 is 0 Å². The van der Waals surface area contributed by atoms with Crippen LogP contribution in [0.1, 0.15) is 48.6 Å². The van der Waals surface area contributed by atoms with Crippen LogP contribution in [0.5, 0.6) is 0 Å². The Morgan fingerprint density at radius 2 is 1.96 bits per heavy atom. The van der Waals surface area contributed by atoms with Crippen molar-refractivity contribution in [3.63, 3.8) is 0 Å². The van der Waals surface area contributed by atoms with Crippen molar-refractivity contribution in [3.05, 3.63) is 34.3 Å². The minimum Gasteiger partial charge on any atom is -0.343 e. The Labute approximate surface area is 146 Å². The van der Waals surface area contributed by atoms with Crippen LogP contribution in [0.2, 0.25) is 5.02 Å². The van der Waals surface area contributed by atoms with Gasteiger partial charge >= 0.3 is 0 Å². The summed E-state index contributed by atoms with van der Waals surface area (Å²) in [5.74, 6) is -0.481. The van der Waals surface area contributed by atoms with Crippen LogP contribution in [0.15, 0.2) is 18.2 Å². The Kier molecular flexibility index (Phi) is 3.90. The number of hydrogen-bond acceptors (Lipinski definition) is 4. The van der Waals surface area contributed by atoms with Gasteiger partial charge in [0.2, 0.25) is 5.91 Å². The second-order valence-corrected chi connectivity index (χ2v) is 7.44. The number of amides is 1. The largest absolute Gasteiger partial charge is 0.343 e. The molecule has 2 saturated heterocycles. The van der Waals surface area contributed by atoms with Gasteiger partial charge in [-0.15, -0.1) is 0 Å². The summed E-state index contributed by atoms with van der Waals surface area (Å²) in [7, 11) is 1.62. The molecule has 3 aliphatic rings. The van der Waals surface area contributed by atoms with Crippen molar-refractivity contribution >= 4 is 23.3 Å². The topological polar surface area (TPSA) is 58.6 Å². The number of hydrogen-bond donors (Lipinski definition) is 1. The van der Waals surface area contributed by atoms with Gasteiger partial charge in [-0.3, -0.25) is 9.59 Å². The molecule has 1 saturated carbocycles. The number of rotatable bonds is 3. The van der Waals surface area contributed by atoms with Gasteiger partial charge in [-0.2, -0.15) is 5.06 Å². The van der Waals surface area contributed by atoms with Crippen molar-refractivity contribution < 1.29 is 14.4 Å². The number of halogens is 1. The van der Waals surface area contributed by atoms with Gasteiger partial charge in [-0.05, 0) is 48.8 Å². The highest BCUT2D eigenvalue weighted by Gasteiger charge is 2.54. The molecule has 1 N–H and O–H groups in total. The molecule has 2 heterocycles. The van der Waals surface area contributed by atoms with Crippen molar-refractivity contribution in [2.75, 3.05) is 20.2 Å². The standard InChI is InChI=1S/C18H21ClN2O3/c1-24-21-8-6-18(7-9-21)16(22)15(17(23)20-18)13-5-4-12(10-14(13)19)11-2-3-11/h4-5,10-11,15H,2-3,6-9H2,1H3,(H,20,23). The monoisotopic (exact) mass is 348 g/mol. The molecule has 1 aromatic rings. The molecule has 0 aromatic heterocycles. The van der Waals surface area contributed by atoms with Gasteiger partial charge in [0.05, 0.1) is 7.11 Å². The molecule has 128 valence electrons. The highest BCUT2D eigenvalue weighted by atomic mass is 35.5. The Morgan fingerprint density at radius 1 is 1.25 bits per heavy atom. The number of benzene rings is 1. The van der Waals surface area contributed by atoms with Gasteiger partial charge in [0.1, 0.15) is 11.5 Å². The molecule has 1 amide bonds. The lowest BCUT2D eigenvalue weighted by atomic mass is 9.81. The second kappa shape index (κ2) is 5.83. The SMILES string of the molecule is CON1CCC2(CC1)NC(=O)C(c1ccc(C3CC3)cc1Cl)C2=O. The fourth-order valence-corrected chi connectivity index (χ4v) is 4.22. The number of Topliss-reactive ketones (excluding diaryl/α,β-unsaturated/α-hetero) is 1. The molecule has 1 atom stereocenters. The summed E-state index contributed by atoms with van der Waals surface area (Å²) >= 11 is 6.42. The van der Waals surface area contributed by atoms with Crippen LogP contribution in [0.3, 0.4) is 0 Å². The van der Waals surface area contributed by atoms with Crippen LogP contribution in [0.4, 0.5) is 0 Å². The van der Waals surface area contributed by atoms with E-state index in [-0.39, 0.29) is 11.7 Å². The summed E-state index contributed by atoms with van der Waals surface area (Å²) in [4.78, 5) is 30.8. The van der Waals surface area contributed by atoms with E-state index in [1.807, 2.05) is 23.3 Å². The lowest BCUT2D eigenvalue weighted by molar-refractivity contribution is -0.156. The third-order valence-corrected chi connectivity index (χ3v) is 5.90. The highest BCUT2D eigenvalue weighted by molar-refractivity contribution is 6.32. The first-order valence-electron chi connectivity index (χ1n) is 8.49. The quantitative estimate of drug-likeness (QED) is 0.852. The molecule has 0 bridgehead atoms. The van der Waals surface area contributed by atoms with Crippen LogP contribution >= 0.6 is 11.6 Å². The summed E-state index contributed by atoms with van der Waals surface area (Å²) in [5.41, 5.74) is 1.07. The average molecular weight is 349 g/mol. The van der Waals surface area contributed by atoms with E-state index in [0.29, 0.717) is 42.4 Å². The van der Waals surface area contributed by atoms with Gasteiger partial charge in [-0.1, -0.05) is 23.7 Å². The molecule has 1 spiro atoms. The normalized spacial score (nSPS) is 26.8. The zero-order valence-electron chi connectivity index (χ0n) is 13.7. The van der Waals surface area contributed by atoms with Crippen LogP contribution in [-0.4, -0.2) is 42.5 Å². The van der Waals surface area contributed by atoms with Gasteiger partial charge in [0.25, 0.3) is 0 Å². The van der Waals surface area contributed by atoms with Gasteiger partial charge in [0, 0.05) is 18.1 Å². The van der Waals surface area contributed by atoms with E-state index in [1.54, 1.807) is 7.11 Å². The number of nitrogens with one attached hydrogen (secondary N) is 1. The molecular formula is C18H21ClN2O3. The summed E-state index contributed by atoms with van der Waals surface area (Å²) in [5, 5.41) is 5.30. The first-order valence-corrected chi connectivity index (χ1v) is 8.86. The third kappa shape index (κ3) is 2.55.